The Kier molecular flexibility index (Phi) is 11.5. The molecule has 1 aromatic rings. The van der Waals surface area contributed by atoms with E-state index >= 15 is 0 Å². The number of ether oxygens (including phenoxy) is 1. The Morgan fingerprint density at radius 3 is 2.07 bits per heavy atom. The van der Waals surface area contributed by atoms with E-state index < -0.39 is 5.41 Å². The van der Waals surface area contributed by atoms with E-state index in [0.717, 1.165) is 0 Å². The number of rotatable bonds is 7. The first-order valence-electron chi connectivity index (χ1n) is 8.59. The maximum absolute atomic E-state index is 12.6. The summed E-state index contributed by atoms with van der Waals surface area (Å²) in [5, 5.41) is 5.78. The summed E-state index contributed by atoms with van der Waals surface area (Å²) >= 11 is 0. The second-order valence-electron chi connectivity index (χ2n) is 6.73. The molecule has 27 heavy (non-hydrogen) atoms. The number of nitrogens with one attached hydrogen (secondary N) is 2. The molecule has 4 N–H and O–H groups in total. The number of hydrogen-bond donors (Lipinski definition) is 3. The molecule has 1 saturated heterocycles. The lowest BCUT2D eigenvalue weighted by molar-refractivity contribution is -0.130. The minimum Gasteiger partial charge on any atom is -0.381 e. The standard InChI is InChI=1S/C18H28N4O3.2ClH/c1-22(2)10-7-16(23)20-14-3-5-15(6-4-14)21-17(24)18(13-19)8-11-25-12-9-18;;/h3-6H,7-13,19H2,1-2H3,(H,20,23)(H,21,24);2*1H. The van der Waals surface area contributed by atoms with Gasteiger partial charge in [0.2, 0.25) is 11.8 Å². The van der Waals surface area contributed by atoms with Gasteiger partial charge in [-0.3, -0.25) is 9.59 Å². The van der Waals surface area contributed by atoms with Gasteiger partial charge in [0, 0.05) is 44.1 Å². The molecule has 1 fully saturated rings. The molecule has 2 amide bonds. The summed E-state index contributed by atoms with van der Waals surface area (Å²) in [4.78, 5) is 26.4. The van der Waals surface area contributed by atoms with Gasteiger partial charge >= 0.3 is 0 Å². The van der Waals surface area contributed by atoms with Crippen molar-refractivity contribution in [2.24, 2.45) is 11.1 Å². The number of halogens is 2. The van der Waals surface area contributed by atoms with Crippen molar-refractivity contribution in [3.8, 4) is 0 Å². The molecule has 9 heteroatoms. The Balaban J connectivity index is 0.00000338. The lowest BCUT2D eigenvalue weighted by Gasteiger charge is -2.34. The van der Waals surface area contributed by atoms with Gasteiger partial charge in [-0.05, 0) is 51.2 Å². The molecule has 1 aromatic carbocycles. The van der Waals surface area contributed by atoms with E-state index in [4.69, 9.17) is 10.5 Å². The molecule has 1 heterocycles. The third-order valence-corrected chi connectivity index (χ3v) is 4.53. The predicted molar refractivity (Wildman–Crippen MR) is 113 cm³/mol. The highest BCUT2D eigenvalue weighted by molar-refractivity contribution is 5.96. The molecule has 0 radical (unpaired) electrons. The molecule has 1 aliphatic rings. The van der Waals surface area contributed by atoms with Crippen LogP contribution in [-0.4, -0.2) is 57.1 Å². The van der Waals surface area contributed by atoms with Gasteiger partial charge in [-0.15, -0.1) is 24.8 Å². The predicted octanol–water partition coefficient (Wildman–Crippen LogP) is 2.11. The normalized spacial score (nSPS) is 15.3. The molecule has 154 valence electrons. The Hall–Kier alpha value is -1.38. The number of benzene rings is 1. The van der Waals surface area contributed by atoms with Crippen LogP contribution in [-0.2, 0) is 14.3 Å². The van der Waals surface area contributed by atoms with Crippen molar-refractivity contribution in [3.05, 3.63) is 24.3 Å². The Morgan fingerprint density at radius 2 is 1.59 bits per heavy atom. The lowest BCUT2D eigenvalue weighted by Crippen LogP contribution is -2.46. The van der Waals surface area contributed by atoms with Crippen LogP contribution in [0.2, 0.25) is 0 Å². The molecule has 0 unspecified atom stereocenters. The van der Waals surface area contributed by atoms with Crippen molar-refractivity contribution in [2.75, 3.05) is 51.0 Å². The van der Waals surface area contributed by atoms with Gasteiger partial charge in [0.1, 0.15) is 0 Å². The number of carbonyl (C=O) groups is 2. The molecule has 0 saturated carbocycles. The van der Waals surface area contributed by atoms with Crippen LogP contribution in [0.25, 0.3) is 0 Å². The molecule has 0 atom stereocenters. The number of nitrogens with two attached hydrogens (primary N) is 1. The van der Waals surface area contributed by atoms with Crippen LogP contribution in [0.1, 0.15) is 19.3 Å². The summed E-state index contributed by atoms with van der Waals surface area (Å²) in [6.07, 6.45) is 1.71. The second kappa shape index (κ2) is 12.2. The van der Waals surface area contributed by atoms with E-state index in [-0.39, 0.29) is 36.6 Å². The number of carbonyl (C=O) groups excluding carboxylic acids is 2. The third-order valence-electron chi connectivity index (χ3n) is 4.53. The quantitative estimate of drug-likeness (QED) is 0.627. The van der Waals surface area contributed by atoms with Crippen molar-refractivity contribution < 1.29 is 14.3 Å². The van der Waals surface area contributed by atoms with Crippen molar-refractivity contribution in [1.82, 2.24) is 4.90 Å². The van der Waals surface area contributed by atoms with E-state index in [1.54, 1.807) is 24.3 Å². The number of amides is 2. The molecule has 1 aliphatic heterocycles. The number of hydrogen-bond acceptors (Lipinski definition) is 5. The van der Waals surface area contributed by atoms with Crippen LogP contribution < -0.4 is 16.4 Å². The third kappa shape index (κ3) is 7.63. The van der Waals surface area contributed by atoms with Crippen molar-refractivity contribution >= 4 is 48.0 Å². The van der Waals surface area contributed by atoms with Crippen LogP contribution in [0.3, 0.4) is 0 Å². The summed E-state index contributed by atoms with van der Waals surface area (Å²) in [5.41, 5.74) is 6.70. The number of nitrogens with zero attached hydrogens (tertiary/aromatic N) is 1. The van der Waals surface area contributed by atoms with Gasteiger partial charge in [-0.2, -0.15) is 0 Å². The maximum atomic E-state index is 12.6. The summed E-state index contributed by atoms with van der Waals surface area (Å²) in [7, 11) is 3.86. The molecule has 2 rings (SSSR count). The largest absolute Gasteiger partial charge is 0.381 e. The molecular weight excluding hydrogens is 391 g/mol. The zero-order valence-corrected chi connectivity index (χ0v) is 17.5. The van der Waals surface area contributed by atoms with Crippen molar-refractivity contribution in [3.63, 3.8) is 0 Å². The molecule has 0 spiro atoms. The molecule has 0 aromatic heterocycles. The fourth-order valence-corrected chi connectivity index (χ4v) is 2.74. The van der Waals surface area contributed by atoms with E-state index in [9.17, 15) is 9.59 Å². The second-order valence-corrected chi connectivity index (χ2v) is 6.73. The van der Waals surface area contributed by atoms with Crippen molar-refractivity contribution in [1.29, 1.82) is 0 Å². The number of anilines is 2. The average molecular weight is 421 g/mol. The van der Waals surface area contributed by atoms with Crippen LogP contribution in [0, 0.1) is 5.41 Å². The summed E-state index contributed by atoms with van der Waals surface area (Å²) in [5.74, 6) is -0.101. The van der Waals surface area contributed by atoms with Gasteiger partial charge in [-0.1, -0.05) is 0 Å². The fourth-order valence-electron chi connectivity index (χ4n) is 2.74. The van der Waals surface area contributed by atoms with E-state index in [1.165, 1.54) is 0 Å². The highest BCUT2D eigenvalue weighted by atomic mass is 35.5. The zero-order chi connectivity index (χ0) is 18.3. The topological polar surface area (TPSA) is 96.7 Å². The van der Waals surface area contributed by atoms with Crippen molar-refractivity contribution in [2.45, 2.75) is 19.3 Å². The first-order valence-corrected chi connectivity index (χ1v) is 8.59. The van der Waals surface area contributed by atoms with E-state index in [0.29, 0.717) is 56.9 Å². The van der Waals surface area contributed by atoms with Gasteiger partial charge in [0.15, 0.2) is 0 Å². The van der Waals surface area contributed by atoms with Gasteiger partial charge < -0.3 is 26.0 Å². The minimum atomic E-state index is -0.558. The van der Waals surface area contributed by atoms with Crippen LogP contribution >= 0.6 is 24.8 Å². The van der Waals surface area contributed by atoms with Gasteiger partial charge in [0.05, 0.1) is 5.41 Å². The fraction of sp³-hybridized carbons (Fsp3) is 0.556. The molecule has 7 nitrogen and oxygen atoms in total. The highest BCUT2D eigenvalue weighted by Crippen LogP contribution is 2.31. The Bertz CT molecular complexity index is 591. The van der Waals surface area contributed by atoms with E-state index in [2.05, 4.69) is 10.6 Å². The average Bonchev–Trinajstić information content (AvgIpc) is 2.62. The smallest absolute Gasteiger partial charge is 0.232 e. The van der Waals surface area contributed by atoms with E-state index in [1.807, 2.05) is 19.0 Å². The van der Waals surface area contributed by atoms with Crippen LogP contribution in [0.4, 0.5) is 11.4 Å². The first kappa shape index (κ1) is 25.6. The highest BCUT2D eigenvalue weighted by Gasteiger charge is 2.38. The Labute approximate surface area is 173 Å². The van der Waals surface area contributed by atoms with Crippen LogP contribution in [0.5, 0.6) is 0 Å². The summed E-state index contributed by atoms with van der Waals surface area (Å²) < 4.78 is 5.34. The Morgan fingerprint density at radius 1 is 1.07 bits per heavy atom. The van der Waals surface area contributed by atoms with Gasteiger partial charge in [-0.25, -0.2) is 0 Å². The van der Waals surface area contributed by atoms with Gasteiger partial charge in [0.25, 0.3) is 0 Å². The van der Waals surface area contributed by atoms with Crippen LogP contribution in [0.15, 0.2) is 24.3 Å². The SMILES string of the molecule is CN(C)CCC(=O)Nc1ccc(NC(=O)C2(CN)CCOCC2)cc1.Cl.Cl. The minimum absolute atomic E-state index is 0. The molecule has 0 aliphatic carbocycles. The zero-order valence-electron chi connectivity index (χ0n) is 15.8. The molecule has 0 bridgehead atoms. The monoisotopic (exact) mass is 420 g/mol. The summed E-state index contributed by atoms with van der Waals surface area (Å²) in [6, 6.07) is 7.12. The first-order chi connectivity index (χ1) is 11.9. The summed E-state index contributed by atoms with van der Waals surface area (Å²) in [6.45, 7) is 2.12. The maximum Gasteiger partial charge on any atom is 0.232 e. The lowest BCUT2D eigenvalue weighted by atomic mass is 9.79. The molecular formula is C18H30Cl2N4O3.